The van der Waals surface area contributed by atoms with Crippen LogP contribution < -0.4 is 0 Å². The van der Waals surface area contributed by atoms with E-state index in [1.165, 1.54) is 34.1 Å². The van der Waals surface area contributed by atoms with Gasteiger partial charge in [-0.25, -0.2) is 18.3 Å². The Bertz CT molecular complexity index is 1070. The summed E-state index contributed by atoms with van der Waals surface area (Å²) in [7, 11) is 0. The number of nitrogens with zero attached hydrogens (tertiary/aromatic N) is 5. The third kappa shape index (κ3) is 3.47. The third-order valence-corrected chi connectivity index (χ3v) is 5.73. The lowest BCUT2D eigenvalue weighted by molar-refractivity contribution is -0.0641. The highest BCUT2D eigenvalue weighted by molar-refractivity contribution is 5.94. The van der Waals surface area contributed by atoms with Crippen LogP contribution in [0.15, 0.2) is 36.7 Å². The fourth-order valence-electron chi connectivity index (χ4n) is 4.20. The molecule has 1 saturated heterocycles. The molecule has 8 heteroatoms. The van der Waals surface area contributed by atoms with Crippen molar-refractivity contribution in [2.24, 2.45) is 0 Å². The largest absolute Gasteiger partial charge is 0.332 e. The molecule has 3 heterocycles. The zero-order chi connectivity index (χ0) is 20.2. The molecule has 0 radical (unpaired) electrons. The van der Waals surface area contributed by atoms with Gasteiger partial charge >= 0.3 is 0 Å². The topological polar surface area (TPSA) is 63.4 Å². The zero-order valence-corrected chi connectivity index (χ0v) is 16.1. The summed E-state index contributed by atoms with van der Waals surface area (Å²) in [5.41, 5.74) is 2.95. The summed E-state index contributed by atoms with van der Waals surface area (Å²) in [6.45, 7) is 1.43. The fourth-order valence-corrected chi connectivity index (χ4v) is 4.20. The number of aromatic nitrogens is 4. The first kappa shape index (κ1) is 18.1. The highest BCUT2D eigenvalue weighted by atomic mass is 19.3. The van der Waals surface area contributed by atoms with Crippen LogP contribution in [0.2, 0.25) is 0 Å². The number of benzene rings is 1. The maximum Gasteiger partial charge on any atom is 0.266 e. The van der Waals surface area contributed by atoms with Gasteiger partial charge in [0, 0.05) is 30.1 Å². The maximum atomic E-state index is 14.6. The molecule has 29 heavy (non-hydrogen) atoms. The Morgan fingerprint density at radius 3 is 2.66 bits per heavy atom. The van der Waals surface area contributed by atoms with E-state index in [0.29, 0.717) is 28.6 Å². The minimum absolute atomic E-state index is 0.206. The summed E-state index contributed by atoms with van der Waals surface area (Å²) < 4.78 is 30.7. The molecule has 1 aliphatic heterocycles. The van der Waals surface area contributed by atoms with E-state index in [1.807, 2.05) is 12.1 Å². The molecule has 0 bridgehead atoms. The second-order valence-corrected chi connectivity index (χ2v) is 8.13. The van der Waals surface area contributed by atoms with E-state index in [2.05, 4.69) is 15.1 Å². The van der Waals surface area contributed by atoms with Crippen molar-refractivity contribution in [2.45, 2.75) is 43.9 Å². The van der Waals surface area contributed by atoms with E-state index in [0.717, 1.165) is 0 Å². The van der Waals surface area contributed by atoms with Gasteiger partial charge in [0.2, 0.25) is 0 Å². The molecular formula is C21H21F2N5O. The van der Waals surface area contributed by atoms with Gasteiger partial charge in [-0.3, -0.25) is 4.79 Å². The van der Waals surface area contributed by atoms with Crippen molar-refractivity contribution < 1.29 is 13.6 Å². The van der Waals surface area contributed by atoms with Gasteiger partial charge in [-0.15, -0.1) is 0 Å². The van der Waals surface area contributed by atoms with Crippen molar-refractivity contribution in [3.63, 3.8) is 0 Å². The number of piperidine rings is 1. The molecule has 1 aromatic carbocycles. The fraction of sp³-hybridized carbons (Fsp3) is 0.429. The molecule has 2 aromatic heterocycles. The summed E-state index contributed by atoms with van der Waals surface area (Å²) in [6.07, 6.45) is 3.37. The normalized spacial score (nSPS) is 21.5. The van der Waals surface area contributed by atoms with Gasteiger partial charge < -0.3 is 4.90 Å². The van der Waals surface area contributed by atoms with E-state index in [9.17, 15) is 13.6 Å². The first-order valence-corrected chi connectivity index (χ1v) is 9.84. The van der Waals surface area contributed by atoms with Gasteiger partial charge in [0.05, 0.1) is 12.2 Å². The molecule has 0 N–H and O–H groups in total. The predicted molar refractivity (Wildman–Crippen MR) is 102 cm³/mol. The average Bonchev–Trinajstić information content (AvgIpc) is 3.43. The van der Waals surface area contributed by atoms with Crippen LogP contribution in [-0.2, 0) is 0 Å². The van der Waals surface area contributed by atoms with Gasteiger partial charge in [0.1, 0.15) is 6.33 Å². The summed E-state index contributed by atoms with van der Waals surface area (Å²) in [4.78, 5) is 22.6. The van der Waals surface area contributed by atoms with Crippen LogP contribution in [-0.4, -0.2) is 49.4 Å². The van der Waals surface area contributed by atoms with Crippen molar-refractivity contribution >= 4 is 11.7 Å². The smallest absolute Gasteiger partial charge is 0.266 e. The summed E-state index contributed by atoms with van der Waals surface area (Å²) in [6, 6.07) is 9.14. The van der Waals surface area contributed by atoms with E-state index in [4.69, 9.17) is 0 Å². The molecule has 1 amide bonds. The molecule has 150 valence electrons. The molecule has 3 aromatic rings. The number of carbonyl (C=O) groups excluding carboxylic acids is 1. The van der Waals surface area contributed by atoms with Crippen LogP contribution in [0, 0.1) is 6.92 Å². The molecule has 1 saturated carbocycles. The summed E-state index contributed by atoms with van der Waals surface area (Å²) in [5.74, 6) is -2.93. The van der Waals surface area contributed by atoms with Crippen molar-refractivity contribution in [3.05, 3.63) is 59.2 Å². The lowest BCUT2D eigenvalue weighted by atomic mass is 9.91. The van der Waals surface area contributed by atoms with Gasteiger partial charge in [-0.05, 0) is 49.4 Å². The van der Waals surface area contributed by atoms with Crippen molar-refractivity contribution in [1.82, 2.24) is 24.5 Å². The number of rotatable bonds is 3. The lowest BCUT2D eigenvalue weighted by Crippen LogP contribution is -2.49. The van der Waals surface area contributed by atoms with Crippen molar-refractivity contribution in [2.75, 3.05) is 13.1 Å². The number of halogens is 2. The van der Waals surface area contributed by atoms with Gasteiger partial charge in [-0.2, -0.15) is 10.1 Å². The molecule has 2 fully saturated rings. The molecule has 6 nitrogen and oxygen atoms in total. The Balaban J connectivity index is 1.44. The van der Waals surface area contributed by atoms with Crippen LogP contribution in [0.3, 0.4) is 0 Å². The quantitative estimate of drug-likeness (QED) is 0.678. The second kappa shape index (κ2) is 6.57. The van der Waals surface area contributed by atoms with E-state index < -0.39 is 18.4 Å². The number of likely N-dealkylation sites (tertiary alicyclic amines) is 1. The first-order chi connectivity index (χ1) is 13.9. The van der Waals surface area contributed by atoms with Crippen LogP contribution >= 0.6 is 0 Å². The van der Waals surface area contributed by atoms with Gasteiger partial charge in [-0.1, -0.05) is 12.1 Å². The van der Waals surface area contributed by atoms with Crippen molar-refractivity contribution in [3.8, 4) is 0 Å². The zero-order valence-electron chi connectivity index (χ0n) is 16.1. The van der Waals surface area contributed by atoms with Crippen molar-refractivity contribution in [1.29, 1.82) is 0 Å². The number of amides is 1. The number of carbonyl (C=O) groups is 1. The lowest BCUT2D eigenvalue weighted by Gasteiger charge is -2.37. The highest BCUT2D eigenvalue weighted by Gasteiger charge is 2.43. The predicted octanol–water partition coefficient (Wildman–Crippen LogP) is 3.58. The molecule has 1 atom stereocenters. The number of aryl methyl sites for hydroxylation is 1. The first-order valence-electron chi connectivity index (χ1n) is 9.84. The summed E-state index contributed by atoms with van der Waals surface area (Å²) in [5, 5.41) is 4.14. The minimum Gasteiger partial charge on any atom is -0.332 e. The van der Waals surface area contributed by atoms with Gasteiger partial charge in [0.15, 0.2) is 0 Å². The molecule has 0 spiro atoms. The third-order valence-electron chi connectivity index (χ3n) is 5.73. The Morgan fingerprint density at radius 2 is 1.93 bits per heavy atom. The number of hydrogen-bond donors (Lipinski definition) is 0. The highest BCUT2D eigenvalue weighted by Crippen LogP contribution is 2.40. The number of hydrogen-bond acceptors (Lipinski definition) is 4. The minimum atomic E-state index is -2.98. The summed E-state index contributed by atoms with van der Waals surface area (Å²) >= 11 is 0. The van der Waals surface area contributed by atoms with E-state index >= 15 is 0 Å². The van der Waals surface area contributed by atoms with Crippen LogP contribution in [0.4, 0.5) is 8.78 Å². The number of alkyl halides is 2. The Morgan fingerprint density at radius 1 is 1.17 bits per heavy atom. The molecule has 0 unspecified atom stereocenters. The average molecular weight is 397 g/mol. The standard InChI is InChI=1S/C21H21F2N5O/c1-13-8-18(28-20(26-13)24-12-25-28)17-9-21(22,23)11-27(10-17)19(29)16-6-4-15(5-7-16)14-2-3-14/h4-8,12,14,17H,2-3,9-11H2,1H3/t17-/m0/s1. The number of fused-ring (bicyclic) bond motifs is 1. The van der Waals surface area contributed by atoms with Crippen LogP contribution in [0.1, 0.15) is 58.4 Å². The molecule has 5 rings (SSSR count). The molecule has 2 aliphatic rings. The second-order valence-electron chi connectivity index (χ2n) is 8.13. The molecular weight excluding hydrogens is 376 g/mol. The monoisotopic (exact) mass is 397 g/mol. The SMILES string of the molecule is Cc1cc([C@@H]2CN(C(=O)c3ccc(C4CC4)cc3)CC(F)(F)C2)n2ncnc2n1. The van der Waals surface area contributed by atoms with Gasteiger partial charge in [0.25, 0.3) is 17.6 Å². The Labute approximate surface area is 166 Å². The molecule has 1 aliphatic carbocycles. The van der Waals surface area contributed by atoms with Crippen LogP contribution in [0.5, 0.6) is 0 Å². The maximum absolute atomic E-state index is 14.6. The van der Waals surface area contributed by atoms with E-state index in [-0.39, 0.29) is 18.9 Å². The Kier molecular flexibility index (Phi) is 4.11. The van der Waals surface area contributed by atoms with Crippen LogP contribution in [0.25, 0.3) is 5.78 Å². The van der Waals surface area contributed by atoms with E-state index in [1.54, 1.807) is 25.1 Å². The Hall–Kier alpha value is -2.90.